The Labute approximate surface area is 139 Å². The van der Waals surface area contributed by atoms with Gasteiger partial charge in [-0.15, -0.1) is 11.3 Å². The van der Waals surface area contributed by atoms with Crippen molar-refractivity contribution in [2.75, 3.05) is 0 Å². The molecule has 1 saturated heterocycles. The summed E-state index contributed by atoms with van der Waals surface area (Å²) in [6, 6.07) is 9.65. The van der Waals surface area contributed by atoms with Crippen molar-refractivity contribution in [1.82, 2.24) is 4.90 Å². The van der Waals surface area contributed by atoms with Crippen molar-refractivity contribution >= 4 is 46.0 Å². The third-order valence-corrected chi connectivity index (χ3v) is 4.88. The Balaban J connectivity index is 1.81. The van der Waals surface area contributed by atoms with Crippen LogP contribution in [0.3, 0.4) is 0 Å². The third kappa shape index (κ3) is 3.33. The lowest BCUT2D eigenvalue weighted by molar-refractivity contribution is -0.384. The summed E-state index contributed by atoms with van der Waals surface area (Å²) in [6.07, 6.45) is 1.68. The highest BCUT2D eigenvalue weighted by molar-refractivity contribution is 8.18. The lowest BCUT2D eigenvalue weighted by atomic mass is 10.2. The molecule has 1 fully saturated rings. The average Bonchev–Trinajstić information content (AvgIpc) is 3.12. The van der Waals surface area contributed by atoms with E-state index in [0.717, 1.165) is 21.5 Å². The first-order chi connectivity index (χ1) is 11.0. The highest BCUT2D eigenvalue weighted by Gasteiger charge is 2.35. The zero-order valence-corrected chi connectivity index (χ0v) is 13.3. The number of benzene rings is 1. The molecule has 3 rings (SSSR count). The molecule has 2 aromatic rings. The van der Waals surface area contributed by atoms with Crippen LogP contribution in [-0.4, -0.2) is 21.0 Å². The summed E-state index contributed by atoms with van der Waals surface area (Å²) in [4.78, 5) is 37.0. The summed E-state index contributed by atoms with van der Waals surface area (Å²) in [6.45, 7) is 0.0220. The number of thiophene rings is 1. The van der Waals surface area contributed by atoms with E-state index in [9.17, 15) is 19.7 Å². The van der Waals surface area contributed by atoms with Crippen LogP contribution in [0.2, 0.25) is 0 Å². The van der Waals surface area contributed by atoms with Gasteiger partial charge in [0.2, 0.25) is 0 Å². The predicted molar refractivity (Wildman–Crippen MR) is 88.9 cm³/mol. The van der Waals surface area contributed by atoms with E-state index in [1.54, 1.807) is 12.1 Å². The van der Waals surface area contributed by atoms with E-state index in [-0.39, 0.29) is 23.4 Å². The standard InChI is InChI=1S/C15H10N2O4S2/c18-14-13(8-12-5-2-6-22-12)23-15(19)16(14)9-10-3-1-4-11(7-10)17(20)21/h1-8H,9H2. The smallest absolute Gasteiger partial charge is 0.268 e. The molecule has 23 heavy (non-hydrogen) atoms. The topological polar surface area (TPSA) is 80.5 Å². The number of imide groups is 1. The second kappa shape index (κ2) is 6.35. The van der Waals surface area contributed by atoms with Gasteiger partial charge in [-0.1, -0.05) is 18.2 Å². The van der Waals surface area contributed by atoms with E-state index >= 15 is 0 Å². The molecule has 1 aromatic heterocycles. The molecule has 0 N–H and O–H groups in total. The van der Waals surface area contributed by atoms with Gasteiger partial charge in [0.05, 0.1) is 16.4 Å². The van der Waals surface area contributed by atoms with Crippen molar-refractivity contribution in [3.05, 3.63) is 67.2 Å². The quantitative estimate of drug-likeness (QED) is 0.476. The molecule has 0 bridgehead atoms. The highest BCUT2D eigenvalue weighted by Crippen LogP contribution is 2.34. The molecule has 0 saturated carbocycles. The molecule has 1 aromatic carbocycles. The van der Waals surface area contributed by atoms with Crippen molar-refractivity contribution in [2.24, 2.45) is 0 Å². The van der Waals surface area contributed by atoms with E-state index in [1.165, 1.54) is 29.5 Å². The van der Waals surface area contributed by atoms with Gasteiger partial charge in [0, 0.05) is 17.0 Å². The minimum absolute atomic E-state index is 0.0220. The van der Waals surface area contributed by atoms with Crippen LogP contribution in [0, 0.1) is 10.1 Å². The number of carbonyl (C=O) groups excluding carboxylic acids is 2. The normalized spacial score (nSPS) is 16.3. The fourth-order valence-corrected chi connectivity index (χ4v) is 3.65. The lowest BCUT2D eigenvalue weighted by Crippen LogP contribution is -2.27. The second-order valence-electron chi connectivity index (χ2n) is 4.71. The summed E-state index contributed by atoms with van der Waals surface area (Å²) in [7, 11) is 0. The van der Waals surface area contributed by atoms with Gasteiger partial charge >= 0.3 is 0 Å². The van der Waals surface area contributed by atoms with Gasteiger partial charge in [-0.25, -0.2) is 0 Å². The van der Waals surface area contributed by atoms with Crippen molar-refractivity contribution in [2.45, 2.75) is 6.54 Å². The number of carbonyl (C=O) groups is 2. The van der Waals surface area contributed by atoms with Crippen LogP contribution in [0.25, 0.3) is 6.08 Å². The Morgan fingerprint density at radius 1 is 1.22 bits per heavy atom. The van der Waals surface area contributed by atoms with Gasteiger partial charge in [-0.2, -0.15) is 0 Å². The molecule has 0 radical (unpaired) electrons. The number of thioether (sulfide) groups is 1. The predicted octanol–water partition coefficient (Wildman–Crippen LogP) is 3.89. The fraction of sp³-hybridized carbons (Fsp3) is 0.0667. The first kappa shape index (κ1) is 15.4. The van der Waals surface area contributed by atoms with Gasteiger partial charge in [0.15, 0.2) is 0 Å². The third-order valence-electron chi connectivity index (χ3n) is 3.15. The molecule has 2 heterocycles. The SMILES string of the molecule is O=C1SC(=Cc2cccs2)C(=O)N1Cc1cccc([N+](=O)[O-])c1. The van der Waals surface area contributed by atoms with Crippen LogP contribution < -0.4 is 0 Å². The number of nitrogens with zero attached hydrogens (tertiary/aromatic N) is 2. The Hall–Kier alpha value is -2.45. The zero-order chi connectivity index (χ0) is 16.4. The number of hydrogen-bond donors (Lipinski definition) is 0. The summed E-state index contributed by atoms with van der Waals surface area (Å²) < 4.78 is 0. The minimum atomic E-state index is -0.506. The van der Waals surface area contributed by atoms with Crippen molar-refractivity contribution < 1.29 is 14.5 Å². The first-order valence-corrected chi connectivity index (χ1v) is 8.26. The zero-order valence-electron chi connectivity index (χ0n) is 11.7. The van der Waals surface area contributed by atoms with Gasteiger partial charge < -0.3 is 0 Å². The number of hydrogen-bond acceptors (Lipinski definition) is 6. The van der Waals surface area contributed by atoms with Crippen molar-refractivity contribution in [3.63, 3.8) is 0 Å². The second-order valence-corrected chi connectivity index (χ2v) is 6.68. The molecule has 1 aliphatic rings. The van der Waals surface area contributed by atoms with Crippen LogP contribution in [0.1, 0.15) is 10.4 Å². The largest absolute Gasteiger partial charge is 0.293 e. The first-order valence-electron chi connectivity index (χ1n) is 6.57. The molecule has 0 spiro atoms. The molecule has 6 nitrogen and oxygen atoms in total. The summed E-state index contributed by atoms with van der Waals surface area (Å²) in [5.74, 6) is -0.375. The molecule has 1 aliphatic heterocycles. The van der Waals surface area contributed by atoms with Crippen molar-refractivity contribution in [1.29, 1.82) is 0 Å². The van der Waals surface area contributed by atoms with Crippen LogP contribution >= 0.6 is 23.1 Å². The summed E-state index contributed by atoms with van der Waals surface area (Å²) in [5.41, 5.74) is 0.475. The van der Waals surface area contributed by atoms with Crippen LogP contribution in [0.15, 0.2) is 46.7 Å². The monoisotopic (exact) mass is 346 g/mol. The molecule has 0 atom stereocenters. The van der Waals surface area contributed by atoms with E-state index < -0.39 is 4.92 Å². The Kier molecular flexibility index (Phi) is 4.26. The Bertz CT molecular complexity index is 815. The summed E-state index contributed by atoms with van der Waals surface area (Å²) >= 11 is 2.36. The summed E-state index contributed by atoms with van der Waals surface area (Å²) in [5, 5.41) is 12.3. The maximum atomic E-state index is 12.4. The Morgan fingerprint density at radius 3 is 2.74 bits per heavy atom. The molecular formula is C15H10N2O4S2. The van der Waals surface area contributed by atoms with Gasteiger partial charge in [-0.3, -0.25) is 24.6 Å². The van der Waals surface area contributed by atoms with Gasteiger partial charge in [0.1, 0.15) is 0 Å². The number of non-ortho nitro benzene ring substituents is 1. The molecular weight excluding hydrogens is 336 g/mol. The van der Waals surface area contributed by atoms with E-state index in [1.807, 2.05) is 17.5 Å². The van der Waals surface area contributed by atoms with Gasteiger partial charge in [0.25, 0.3) is 16.8 Å². The minimum Gasteiger partial charge on any atom is -0.268 e. The van der Waals surface area contributed by atoms with Crippen LogP contribution in [-0.2, 0) is 11.3 Å². The van der Waals surface area contributed by atoms with Crippen LogP contribution in [0.4, 0.5) is 10.5 Å². The van der Waals surface area contributed by atoms with Crippen LogP contribution in [0.5, 0.6) is 0 Å². The van der Waals surface area contributed by atoms with E-state index in [2.05, 4.69) is 0 Å². The Morgan fingerprint density at radius 2 is 2.04 bits per heavy atom. The number of nitro groups is 1. The highest BCUT2D eigenvalue weighted by atomic mass is 32.2. The number of nitro benzene ring substituents is 1. The molecule has 116 valence electrons. The number of amides is 2. The maximum Gasteiger partial charge on any atom is 0.293 e. The number of rotatable bonds is 4. The fourth-order valence-electron chi connectivity index (χ4n) is 2.09. The molecule has 2 amide bonds. The molecule has 0 unspecified atom stereocenters. The van der Waals surface area contributed by atoms with E-state index in [4.69, 9.17) is 0 Å². The molecule has 8 heteroatoms. The average molecular weight is 346 g/mol. The maximum absolute atomic E-state index is 12.4. The van der Waals surface area contributed by atoms with E-state index in [0.29, 0.717) is 10.5 Å². The lowest BCUT2D eigenvalue weighted by Gasteiger charge is -2.12. The molecule has 0 aliphatic carbocycles. The van der Waals surface area contributed by atoms with Crippen molar-refractivity contribution in [3.8, 4) is 0 Å². The van der Waals surface area contributed by atoms with Gasteiger partial charge in [-0.05, 0) is 34.8 Å².